The SMILES string of the molecule is COC(C)CS(=O)(=O)Nc1nc2ncc(Br)cc2[nH]1. The molecule has 0 aromatic carbocycles. The largest absolute Gasteiger partial charge is 0.381 e. The van der Waals surface area contributed by atoms with Gasteiger partial charge in [0.05, 0.1) is 17.4 Å². The van der Waals surface area contributed by atoms with Crippen molar-refractivity contribution in [1.82, 2.24) is 15.0 Å². The van der Waals surface area contributed by atoms with Gasteiger partial charge in [-0.3, -0.25) is 4.72 Å². The van der Waals surface area contributed by atoms with Crippen molar-refractivity contribution in [3.63, 3.8) is 0 Å². The van der Waals surface area contributed by atoms with Gasteiger partial charge in [-0.15, -0.1) is 0 Å². The molecule has 9 heteroatoms. The molecule has 0 aliphatic carbocycles. The van der Waals surface area contributed by atoms with Crippen LogP contribution in [0.2, 0.25) is 0 Å². The summed E-state index contributed by atoms with van der Waals surface area (Å²) in [6, 6.07) is 1.77. The highest BCUT2D eigenvalue weighted by molar-refractivity contribution is 9.10. The van der Waals surface area contributed by atoms with Gasteiger partial charge in [0.15, 0.2) is 5.65 Å². The number of hydrogen-bond donors (Lipinski definition) is 2. The van der Waals surface area contributed by atoms with Crippen molar-refractivity contribution in [2.45, 2.75) is 13.0 Å². The van der Waals surface area contributed by atoms with Crippen molar-refractivity contribution in [1.29, 1.82) is 0 Å². The molecule has 0 saturated heterocycles. The number of methoxy groups -OCH3 is 1. The van der Waals surface area contributed by atoms with E-state index in [9.17, 15) is 8.42 Å². The fraction of sp³-hybridized carbons (Fsp3) is 0.400. The Morgan fingerprint density at radius 1 is 1.58 bits per heavy atom. The van der Waals surface area contributed by atoms with Gasteiger partial charge in [0.2, 0.25) is 16.0 Å². The molecule has 0 aliphatic rings. The van der Waals surface area contributed by atoms with E-state index >= 15 is 0 Å². The summed E-state index contributed by atoms with van der Waals surface area (Å²) >= 11 is 3.28. The number of ether oxygens (including phenoxy) is 1. The molecule has 2 N–H and O–H groups in total. The Kier molecular flexibility index (Phi) is 4.07. The van der Waals surface area contributed by atoms with E-state index in [4.69, 9.17) is 4.74 Å². The summed E-state index contributed by atoms with van der Waals surface area (Å²) in [5, 5.41) is 0. The summed E-state index contributed by atoms with van der Waals surface area (Å²) in [5.41, 5.74) is 1.09. The number of fused-ring (bicyclic) bond motifs is 1. The molecule has 2 aromatic rings. The van der Waals surface area contributed by atoms with E-state index in [1.807, 2.05) is 0 Å². The molecule has 7 nitrogen and oxygen atoms in total. The maximum atomic E-state index is 11.8. The van der Waals surface area contributed by atoms with Gasteiger partial charge in [0, 0.05) is 17.8 Å². The van der Waals surface area contributed by atoms with E-state index in [1.165, 1.54) is 7.11 Å². The van der Waals surface area contributed by atoms with Crippen molar-refractivity contribution >= 4 is 43.1 Å². The quantitative estimate of drug-likeness (QED) is 0.853. The van der Waals surface area contributed by atoms with Crippen LogP contribution in [-0.2, 0) is 14.8 Å². The number of H-pyrrole nitrogens is 1. The first-order chi connectivity index (χ1) is 8.89. The van der Waals surface area contributed by atoms with E-state index in [-0.39, 0.29) is 11.7 Å². The topological polar surface area (TPSA) is 97.0 Å². The van der Waals surface area contributed by atoms with Crippen molar-refractivity contribution in [2.24, 2.45) is 0 Å². The number of halogens is 1. The zero-order chi connectivity index (χ0) is 14.0. The molecule has 0 bridgehead atoms. The number of aromatic amines is 1. The molecule has 2 rings (SSSR count). The second-order valence-electron chi connectivity index (χ2n) is 4.04. The van der Waals surface area contributed by atoms with Crippen LogP contribution in [0.25, 0.3) is 11.2 Å². The smallest absolute Gasteiger partial charge is 0.237 e. The van der Waals surface area contributed by atoms with Gasteiger partial charge in [-0.25, -0.2) is 13.4 Å². The van der Waals surface area contributed by atoms with Crippen molar-refractivity contribution < 1.29 is 13.2 Å². The summed E-state index contributed by atoms with van der Waals surface area (Å²) in [7, 11) is -2.05. The number of aromatic nitrogens is 3. The second-order valence-corrected chi connectivity index (χ2v) is 6.72. The van der Waals surface area contributed by atoms with Crippen molar-refractivity contribution in [3.05, 3.63) is 16.7 Å². The van der Waals surface area contributed by atoms with Crippen LogP contribution in [0.15, 0.2) is 16.7 Å². The Labute approximate surface area is 119 Å². The summed E-state index contributed by atoms with van der Waals surface area (Å²) in [5.74, 6) is 0.00130. The van der Waals surface area contributed by atoms with Crippen LogP contribution >= 0.6 is 15.9 Å². The Morgan fingerprint density at radius 2 is 2.32 bits per heavy atom. The number of nitrogens with zero attached hydrogens (tertiary/aromatic N) is 2. The van der Waals surface area contributed by atoms with Crippen LogP contribution in [0.4, 0.5) is 5.95 Å². The highest BCUT2D eigenvalue weighted by atomic mass is 79.9. The third kappa shape index (κ3) is 3.64. The van der Waals surface area contributed by atoms with Crippen LogP contribution in [0.3, 0.4) is 0 Å². The number of nitrogens with one attached hydrogen (secondary N) is 2. The number of sulfonamides is 1. The lowest BCUT2D eigenvalue weighted by atomic mass is 10.4. The van der Waals surface area contributed by atoms with Gasteiger partial charge < -0.3 is 9.72 Å². The van der Waals surface area contributed by atoms with E-state index in [0.717, 1.165) is 4.47 Å². The molecule has 1 unspecified atom stereocenters. The molecular weight excluding hydrogens is 336 g/mol. The highest BCUT2D eigenvalue weighted by Crippen LogP contribution is 2.17. The van der Waals surface area contributed by atoms with Crippen LogP contribution in [0.5, 0.6) is 0 Å². The fourth-order valence-corrected chi connectivity index (χ4v) is 3.05. The van der Waals surface area contributed by atoms with Crippen LogP contribution in [0, 0.1) is 0 Å². The number of rotatable bonds is 5. The van der Waals surface area contributed by atoms with Crippen molar-refractivity contribution in [3.8, 4) is 0 Å². The van der Waals surface area contributed by atoms with Gasteiger partial charge >= 0.3 is 0 Å². The van der Waals surface area contributed by atoms with Gasteiger partial charge in [-0.05, 0) is 28.9 Å². The molecule has 0 amide bonds. The molecule has 0 saturated carbocycles. The minimum atomic E-state index is -3.51. The molecule has 2 aromatic heterocycles. The summed E-state index contributed by atoms with van der Waals surface area (Å²) < 4.78 is 31.7. The summed E-state index contributed by atoms with van der Waals surface area (Å²) in [4.78, 5) is 11.0. The predicted molar refractivity (Wildman–Crippen MR) is 75.5 cm³/mol. The lowest BCUT2D eigenvalue weighted by molar-refractivity contribution is 0.136. The van der Waals surface area contributed by atoms with Crippen LogP contribution < -0.4 is 4.72 Å². The van der Waals surface area contributed by atoms with Crippen molar-refractivity contribution in [2.75, 3.05) is 17.6 Å². The molecule has 0 fully saturated rings. The minimum Gasteiger partial charge on any atom is -0.381 e. The molecule has 1 atom stereocenters. The van der Waals surface area contributed by atoms with E-state index < -0.39 is 16.1 Å². The van der Waals surface area contributed by atoms with E-state index in [0.29, 0.717) is 11.2 Å². The molecule has 0 radical (unpaired) electrons. The normalized spacial score (nSPS) is 13.6. The maximum Gasteiger partial charge on any atom is 0.237 e. The highest BCUT2D eigenvalue weighted by Gasteiger charge is 2.17. The fourth-order valence-electron chi connectivity index (χ4n) is 1.49. The third-order valence-corrected chi connectivity index (χ3v) is 4.26. The lowest BCUT2D eigenvalue weighted by Gasteiger charge is -2.10. The molecule has 0 spiro atoms. The van der Waals surface area contributed by atoms with Crippen LogP contribution in [-0.4, -0.2) is 42.3 Å². The van der Waals surface area contributed by atoms with Gasteiger partial charge in [0.1, 0.15) is 0 Å². The number of imidazole rings is 1. The first kappa shape index (κ1) is 14.2. The zero-order valence-electron chi connectivity index (χ0n) is 10.3. The van der Waals surface area contributed by atoms with Gasteiger partial charge in [-0.2, -0.15) is 4.98 Å². The molecule has 2 heterocycles. The second kappa shape index (κ2) is 5.43. The zero-order valence-corrected chi connectivity index (χ0v) is 12.7. The van der Waals surface area contributed by atoms with E-state index in [1.54, 1.807) is 19.2 Å². The van der Waals surface area contributed by atoms with E-state index in [2.05, 4.69) is 35.6 Å². The Balaban J connectivity index is 2.21. The van der Waals surface area contributed by atoms with Crippen LogP contribution in [0.1, 0.15) is 6.92 Å². The first-order valence-corrected chi connectivity index (χ1v) is 7.88. The minimum absolute atomic E-state index is 0.141. The summed E-state index contributed by atoms with van der Waals surface area (Å²) in [6.07, 6.45) is 1.20. The third-order valence-electron chi connectivity index (χ3n) is 2.41. The number of anilines is 1. The van der Waals surface area contributed by atoms with Gasteiger partial charge in [0.25, 0.3) is 0 Å². The lowest BCUT2D eigenvalue weighted by Crippen LogP contribution is -2.25. The Hall–Kier alpha value is -1.19. The standard InChI is InChI=1S/C10H13BrN4O3S/c1-6(18-2)5-19(16,17)15-10-13-8-3-7(11)4-12-9(8)14-10/h3-4,6H,5H2,1-2H3,(H2,12,13,14,15). The first-order valence-electron chi connectivity index (χ1n) is 5.44. The summed E-state index contributed by atoms with van der Waals surface area (Å²) in [6.45, 7) is 1.68. The maximum absolute atomic E-state index is 11.8. The Morgan fingerprint density at radius 3 is 3.00 bits per heavy atom. The average Bonchev–Trinajstić information content (AvgIpc) is 2.68. The van der Waals surface area contributed by atoms with Gasteiger partial charge in [-0.1, -0.05) is 0 Å². The Bertz CT molecular complexity index is 685. The predicted octanol–water partition coefficient (Wildman–Crippen LogP) is 1.50. The molecule has 0 aliphatic heterocycles. The average molecular weight is 349 g/mol. The molecule has 19 heavy (non-hydrogen) atoms. The molecular formula is C10H13BrN4O3S. The number of hydrogen-bond acceptors (Lipinski definition) is 5. The monoisotopic (exact) mass is 348 g/mol. The number of pyridine rings is 1. The molecule has 104 valence electrons.